The van der Waals surface area contributed by atoms with Crippen LogP contribution in [0.25, 0.3) is 11.3 Å². The van der Waals surface area contributed by atoms with Crippen molar-refractivity contribution in [2.24, 2.45) is 5.92 Å². The lowest BCUT2D eigenvalue weighted by atomic mass is 9.77. The van der Waals surface area contributed by atoms with Gasteiger partial charge in [-0.25, -0.2) is 4.79 Å². The van der Waals surface area contributed by atoms with Crippen molar-refractivity contribution in [1.29, 1.82) is 0 Å². The first-order valence-electron chi connectivity index (χ1n) is 9.43. The number of carbonyl (C=O) groups is 2. The van der Waals surface area contributed by atoms with Gasteiger partial charge in [0.05, 0.1) is 0 Å². The van der Waals surface area contributed by atoms with Gasteiger partial charge in [-0.05, 0) is 24.3 Å². The van der Waals surface area contributed by atoms with E-state index in [1.54, 1.807) is 30.3 Å². The summed E-state index contributed by atoms with van der Waals surface area (Å²) >= 11 is 5.98. The summed E-state index contributed by atoms with van der Waals surface area (Å²) in [5.74, 6) is -4.26. The van der Waals surface area contributed by atoms with Gasteiger partial charge in [-0.15, -0.1) is 0 Å². The SMILES string of the molecule is O=C1N[C@H](c2ccc(-c3cccc(Cl)c3)o2)[C@H](C(=O)C(F)(F)F)[C@@](O)(c2ccccc2)N1. The van der Waals surface area contributed by atoms with Crippen molar-refractivity contribution in [3.05, 3.63) is 83.1 Å². The van der Waals surface area contributed by atoms with E-state index in [4.69, 9.17) is 16.0 Å². The standard InChI is InChI=1S/C22H16ClF3N2O4/c23-14-8-4-5-12(11-14)15-9-10-16(32-15)18-17(19(29)22(24,25)26)21(31,28-20(30)27-18)13-6-2-1-3-7-13/h1-11,17-18,31H,(H2,27,28,30)/t17-,18-,21+/m1/s1. The summed E-state index contributed by atoms with van der Waals surface area (Å²) in [6.45, 7) is 0. The van der Waals surface area contributed by atoms with Crippen LogP contribution in [0.15, 0.2) is 71.1 Å². The molecule has 0 saturated carbocycles. The van der Waals surface area contributed by atoms with Gasteiger partial charge in [-0.1, -0.05) is 54.1 Å². The molecular formula is C22H16ClF3N2O4. The van der Waals surface area contributed by atoms with Crippen molar-refractivity contribution in [3.63, 3.8) is 0 Å². The molecule has 0 aliphatic carbocycles. The second-order valence-corrected chi connectivity index (χ2v) is 7.70. The van der Waals surface area contributed by atoms with Crippen LogP contribution in [-0.4, -0.2) is 23.1 Å². The summed E-state index contributed by atoms with van der Waals surface area (Å²) in [7, 11) is 0. The lowest BCUT2D eigenvalue weighted by Gasteiger charge is -2.44. The van der Waals surface area contributed by atoms with E-state index < -0.39 is 35.7 Å². The van der Waals surface area contributed by atoms with Gasteiger partial charge >= 0.3 is 12.2 Å². The van der Waals surface area contributed by atoms with Crippen LogP contribution in [0.1, 0.15) is 17.4 Å². The highest BCUT2D eigenvalue weighted by atomic mass is 35.5. The lowest BCUT2D eigenvalue weighted by molar-refractivity contribution is -0.190. The molecule has 166 valence electrons. The molecule has 4 rings (SSSR count). The predicted octanol–water partition coefficient (Wildman–Crippen LogP) is 4.55. The summed E-state index contributed by atoms with van der Waals surface area (Å²) in [6.07, 6.45) is -5.28. The molecule has 2 heterocycles. The number of ketones is 1. The molecule has 32 heavy (non-hydrogen) atoms. The minimum Gasteiger partial charge on any atom is -0.459 e. The summed E-state index contributed by atoms with van der Waals surface area (Å²) in [5, 5.41) is 16.0. The normalized spacial score (nSPS) is 23.3. The molecule has 1 aromatic heterocycles. The molecule has 1 aliphatic rings. The average molecular weight is 465 g/mol. The van der Waals surface area contributed by atoms with Crippen molar-refractivity contribution in [3.8, 4) is 11.3 Å². The van der Waals surface area contributed by atoms with E-state index in [0.29, 0.717) is 10.6 Å². The van der Waals surface area contributed by atoms with E-state index in [1.165, 1.54) is 36.4 Å². The number of amides is 2. The van der Waals surface area contributed by atoms with E-state index in [2.05, 4.69) is 10.6 Å². The summed E-state index contributed by atoms with van der Waals surface area (Å²) < 4.78 is 46.3. The fraction of sp³-hybridized carbons (Fsp3) is 0.182. The monoisotopic (exact) mass is 464 g/mol. The van der Waals surface area contributed by atoms with Gasteiger partial charge in [0.25, 0.3) is 0 Å². The summed E-state index contributed by atoms with van der Waals surface area (Å²) in [4.78, 5) is 24.8. The number of hydrogen-bond donors (Lipinski definition) is 3. The van der Waals surface area contributed by atoms with E-state index in [1.807, 2.05) is 0 Å². The minimum absolute atomic E-state index is 0.0796. The summed E-state index contributed by atoms with van der Waals surface area (Å²) in [5.41, 5.74) is -2.17. The predicted molar refractivity (Wildman–Crippen MR) is 108 cm³/mol. The number of urea groups is 1. The third-order valence-electron chi connectivity index (χ3n) is 5.19. The Hall–Kier alpha value is -3.30. The largest absolute Gasteiger partial charge is 0.459 e. The maximum atomic E-state index is 13.5. The number of carbonyl (C=O) groups excluding carboxylic acids is 2. The van der Waals surface area contributed by atoms with Crippen molar-refractivity contribution >= 4 is 23.4 Å². The molecule has 1 saturated heterocycles. The maximum absolute atomic E-state index is 13.5. The quantitative estimate of drug-likeness (QED) is 0.528. The van der Waals surface area contributed by atoms with Crippen LogP contribution in [0.3, 0.4) is 0 Å². The maximum Gasteiger partial charge on any atom is 0.450 e. The Bertz CT molecular complexity index is 1170. The molecule has 2 amide bonds. The Labute approximate surface area is 185 Å². The van der Waals surface area contributed by atoms with Gasteiger partial charge in [0.2, 0.25) is 5.78 Å². The molecule has 0 radical (unpaired) electrons. The zero-order chi connectivity index (χ0) is 23.1. The Morgan fingerprint density at radius 2 is 1.78 bits per heavy atom. The first-order valence-corrected chi connectivity index (χ1v) is 9.80. The highest BCUT2D eigenvalue weighted by Crippen LogP contribution is 2.43. The molecule has 10 heteroatoms. The minimum atomic E-state index is -5.28. The van der Waals surface area contributed by atoms with Crippen molar-refractivity contribution in [2.45, 2.75) is 17.9 Å². The molecule has 3 N–H and O–H groups in total. The van der Waals surface area contributed by atoms with Gasteiger partial charge in [0, 0.05) is 16.1 Å². The topological polar surface area (TPSA) is 91.6 Å². The molecule has 0 spiro atoms. The van der Waals surface area contributed by atoms with Crippen molar-refractivity contribution in [1.82, 2.24) is 10.6 Å². The van der Waals surface area contributed by atoms with E-state index in [9.17, 15) is 27.9 Å². The number of furan rings is 1. The number of halogens is 4. The number of Topliss-reactive ketones (excluding diaryl/α,β-unsaturated/α-hetero) is 1. The van der Waals surface area contributed by atoms with Gasteiger partial charge in [-0.2, -0.15) is 13.2 Å². The summed E-state index contributed by atoms with van der Waals surface area (Å²) in [6, 6.07) is 14.0. The van der Waals surface area contributed by atoms with Crippen LogP contribution in [0, 0.1) is 5.92 Å². The van der Waals surface area contributed by atoms with E-state index >= 15 is 0 Å². The molecule has 2 aromatic carbocycles. The fourth-order valence-electron chi connectivity index (χ4n) is 3.77. The Balaban J connectivity index is 1.82. The van der Waals surface area contributed by atoms with Crippen LogP contribution < -0.4 is 10.6 Å². The van der Waals surface area contributed by atoms with Crippen molar-refractivity contribution in [2.75, 3.05) is 0 Å². The highest BCUT2D eigenvalue weighted by molar-refractivity contribution is 6.30. The molecule has 6 nitrogen and oxygen atoms in total. The molecule has 1 aliphatic heterocycles. The average Bonchev–Trinajstić information content (AvgIpc) is 3.23. The number of benzene rings is 2. The Morgan fingerprint density at radius 3 is 2.44 bits per heavy atom. The van der Waals surface area contributed by atoms with Gasteiger partial charge < -0.3 is 20.2 Å². The fourth-order valence-corrected chi connectivity index (χ4v) is 3.96. The van der Waals surface area contributed by atoms with Crippen LogP contribution in [0.5, 0.6) is 0 Å². The molecular weight excluding hydrogens is 449 g/mol. The number of hydrogen-bond acceptors (Lipinski definition) is 4. The van der Waals surface area contributed by atoms with Crippen LogP contribution in [0.2, 0.25) is 5.02 Å². The first kappa shape index (κ1) is 21.9. The molecule has 1 fully saturated rings. The van der Waals surface area contributed by atoms with E-state index in [-0.39, 0.29) is 17.1 Å². The van der Waals surface area contributed by atoms with Crippen LogP contribution in [-0.2, 0) is 10.5 Å². The van der Waals surface area contributed by atoms with Gasteiger partial charge in [-0.3, -0.25) is 4.79 Å². The van der Waals surface area contributed by atoms with Crippen LogP contribution >= 0.6 is 11.6 Å². The highest BCUT2D eigenvalue weighted by Gasteiger charge is 2.60. The van der Waals surface area contributed by atoms with Crippen molar-refractivity contribution < 1.29 is 32.3 Å². The second kappa shape index (κ2) is 7.99. The number of nitrogens with one attached hydrogen (secondary N) is 2. The number of rotatable bonds is 4. The van der Waals surface area contributed by atoms with Gasteiger partial charge in [0.15, 0.2) is 5.72 Å². The smallest absolute Gasteiger partial charge is 0.450 e. The molecule has 3 aromatic rings. The lowest BCUT2D eigenvalue weighted by Crippen LogP contribution is -2.66. The third kappa shape index (κ3) is 3.96. The Kier molecular flexibility index (Phi) is 5.47. The Morgan fingerprint density at radius 1 is 1.06 bits per heavy atom. The zero-order valence-electron chi connectivity index (χ0n) is 16.2. The van der Waals surface area contributed by atoms with Gasteiger partial charge in [0.1, 0.15) is 23.5 Å². The van der Waals surface area contributed by atoms with E-state index in [0.717, 1.165) is 0 Å². The zero-order valence-corrected chi connectivity index (χ0v) is 16.9. The molecule has 0 unspecified atom stereocenters. The third-order valence-corrected chi connectivity index (χ3v) is 5.43. The number of alkyl halides is 3. The second-order valence-electron chi connectivity index (χ2n) is 7.26. The first-order chi connectivity index (χ1) is 15.1. The molecule has 0 bridgehead atoms. The molecule has 3 atom stereocenters. The van der Waals surface area contributed by atoms with Crippen LogP contribution in [0.4, 0.5) is 18.0 Å². The number of aliphatic hydroxyl groups is 1.